The molecule has 8 nitrogen and oxygen atoms in total. The molecule has 2 heterocycles. The number of rotatable bonds is 5. The van der Waals surface area contributed by atoms with E-state index < -0.39 is 0 Å². The summed E-state index contributed by atoms with van der Waals surface area (Å²) in [7, 11) is 3.62. The van der Waals surface area contributed by atoms with Gasteiger partial charge in [0.25, 0.3) is 11.7 Å². The maximum Gasteiger partial charge on any atom is 0.276 e. The molecule has 0 aliphatic carbocycles. The average Bonchev–Trinajstić information content (AvgIpc) is 2.99. The Morgan fingerprint density at radius 2 is 2.07 bits per heavy atom. The fourth-order valence-corrected chi connectivity index (χ4v) is 3.05. The number of nitrogens with one attached hydrogen (secondary N) is 1. The Morgan fingerprint density at radius 1 is 1.36 bits per heavy atom. The number of methoxy groups -OCH3 is 1. The Hall–Kier alpha value is -3.16. The van der Waals surface area contributed by atoms with Gasteiger partial charge in [-0.2, -0.15) is 0 Å². The molecule has 0 unspecified atom stereocenters. The first-order valence-electron chi connectivity index (χ1n) is 9.38. The minimum atomic E-state index is -0.343. The van der Waals surface area contributed by atoms with Crippen molar-refractivity contribution in [2.45, 2.75) is 40.8 Å². The van der Waals surface area contributed by atoms with Gasteiger partial charge in [0.15, 0.2) is 22.5 Å². The molecule has 0 saturated heterocycles. The molecule has 0 spiro atoms. The van der Waals surface area contributed by atoms with Crippen molar-refractivity contribution >= 4 is 22.8 Å². The second-order valence-electron chi connectivity index (χ2n) is 6.00. The Bertz CT molecular complexity index is 980. The number of ether oxygens (including phenoxy) is 1. The van der Waals surface area contributed by atoms with Crippen molar-refractivity contribution in [1.82, 2.24) is 19.9 Å². The van der Waals surface area contributed by atoms with Gasteiger partial charge in [-0.3, -0.25) is 4.79 Å². The van der Waals surface area contributed by atoms with Crippen LogP contribution in [0.25, 0.3) is 11.0 Å². The highest BCUT2D eigenvalue weighted by atomic mass is 16.5. The van der Waals surface area contributed by atoms with Gasteiger partial charge in [-0.05, 0) is 26.0 Å². The summed E-state index contributed by atoms with van der Waals surface area (Å²) in [6.07, 6.45) is 1.54. The lowest BCUT2D eigenvalue weighted by Crippen LogP contribution is -2.38. The van der Waals surface area contributed by atoms with Crippen molar-refractivity contribution in [3.63, 3.8) is 0 Å². The first kappa shape index (κ1) is 21.1. The number of aryl methyl sites for hydroxylation is 3. The standard InChI is InChI=1S/C18H22N6O2.C2H6/c1-5-24-14-8-12(26-4)6-7-13(14)23(3)15(24)10-21-18(25)16-17(19)20-9-11(2)22-16;1-2/h6-9H,5,10H2,1-4H3,(H2-,19,20,21,25);1-2H3/p+1. The van der Waals surface area contributed by atoms with E-state index in [1.807, 2.05) is 39.1 Å². The molecule has 3 rings (SSSR count). The summed E-state index contributed by atoms with van der Waals surface area (Å²) < 4.78 is 9.53. The first-order chi connectivity index (χ1) is 13.5. The van der Waals surface area contributed by atoms with Gasteiger partial charge >= 0.3 is 0 Å². The van der Waals surface area contributed by atoms with E-state index in [2.05, 4.69) is 31.3 Å². The molecule has 150 valence electrons. The number of hydrogen-bond donors (Lipinski definition) is 2. The van der Waals surface area contributed by atoms with Crippen LogP contribution in [0.3, 0.4) is 0 Å². The summed E-state index contributed by atoms with van der Waals surface area (Å²) in [6.45, 7) is 8.94. The topological polar surface area (TPSA) is 98.9 Å². The van der Waals surface area contributed by atoms with Crippen molar-refractivity contribution in [3.8, 4) is 5.75 Å². The van der Waals surface area contributed by atoms with Crippen molar-refractivity contribution in [1.29, 1.82) is 0 Å². The minimum absolute atomic E-state index is 0.123. The molecule has 0 saturated carbocycles. The van der Waals surface area contributed by atoms with Gasteiger partial charge < -0.3 is 15.8 Å². The van der Waals surface area contributed by atoms with Gasteiger partial charge in [-0.15, -0.1) is 0 Å². The average molecular weight is 385 g/mol. The van der Waals surface area contributed by atoms with Crippen molar-refractivity contribution < 1.29 is 14.1 Å². The SMILES string of the molecule is CC.CCn1c(CNC(=O)c2nc(C)cnc2N)[n+](C)c2ccc(OC)cc21. The van der Waals surface area contributed by atoms with Crippen LogP contribution in [0.1, 0.15) is 42.8 Å². The number of nitrogens with two attached hydrogens (primary N) is 1. The number of carbonyl (C=O) groups excluding carboxylic acids is 1. The van der Waals surface area contributed by atoms with Crippen LogP contribution in [0, 0.1) is 6.92 Å². The van der Waals surface area contributed by atoms with Crippen LogP contribution in [-0.2, 0) is 20.1 Å². The molecular weight excluding hydrogens is 356 g/mol. The first-order valence-corrected chi connectivity index (χ1v) is 9.38. The Balaban J connectivity index is 0.00000136. The van der Waals surface area contributed by atoms with Gasteiger partial charge in [0.2, 0.25) is 0 Å². The van der Waals surface area contributed by atoms with E-state index in [9.17, 15) is 4.79 Å². The molecule has 0 bridgehead atoms. The normalized spacial score (nSPS) is 10.4. The summed E-state index contributed by atoms with van der Waals surface area (Å²) in [5.41, 5.74) is 8.68. The highest BCUT2D eigenvalue weighted by molar-refractivity contribution is 5.96. The molecule has 2 aromatic heterocycles. The third-order valence-corrected chi connectivity index (χ3v) is 4.39. The van der Waals surface area contributed by atoms with E-state index in [-0.39, 0.29) is 17.4 Å². The number of amides is 1. The maximum atomic E-state index is 12.5. The van der Waals surface area contributed by atoms with Crippen LogP contribution in [-0.4, -0.2) is 27.6 Å². The van der Waals surface area contributed by atoms with Gasteiger partial charge in [-0.25, -0.2) is 19.1 Å². The number of anilines is 1. The van der Waals surface area contributed by atoms with Crippen LogP contribution in [0.4, 0.5) is 5.82 Å². The van der Waals surface area contributed by atoms with Crippen LogP contribution < -0.4 is 20.4 Å². The third kappa shape index (κ3) is 4.05. The second-order valence-corrected chi connectivity index (χ2v) is 6.00. The third-order valence-electron chi connectivity index (χ3n) is 4.39. The summed E-state index contributed by atoms with van der Waals surface area (Å²) in [5.74, 6) is 1.54. The largest absolute Gasteiger partial charge is 0.497 e. The Morgan fingerprint density at radius 3 is 2.71 bits per heavy atom. The van der Waals surface area contributed by atoms with E-state index in [1.54, 1.807) is 14.0 Å². The molecule has 8 heteroatoms. The van der Waals surface area contributed by atoms with E-state index in [4.69, 9.17) is 10.5 Å². The molecule has 1 amide bonds. The Kier molecular flexibility index (Phi) is 6.92. The van der Waals surface area contributed by atoms with E-state index in [0.717, 1.165) is 29.2 Å². The van der Waals surface area contributed by atoms with Crippen LogP contribution in [0.5, 0.6) is 5.75 Å². The zero-order valence-corrected chi connectivity index (χ0v) is 17.4. The van der Waals surface area contributed by atoms with Crippen molar-refractivity contribution in [2.24, 2.45) is 7.05 Å². The highest BCUT2D eigenvalue weighted by Crippen LogP contribution is 2.20. The lowest BCUT2D eigenvalue weighted by Gasteiger charge is -2.06. The van der Waals surface area contributed by atoms with Crippen LogP contribution >= 0.6 is 0 Å². The Labute approximate surface area is 165 Å². The molecule has 0 aliphatic heterocycles. The van der Waals surface area contributed by atoms with Gasteiger partial charge in [-0.1, -0.05) is 13.8 Å². The zero-order chi connectivity index (χ0) is 20.8. The predicted molar refractivity (Wildman–Crippen MR) is 109 cm³/mol. The number of hydrogen-bond acceptors (Lipinski definition) is 5. The monoisotopic (exact) mass is 385 g/mol. The number of carbonyl (C=O) groups is 1. The molecule has 0 aliphatic rings. The summed E-state index contributed by atoms with van der Waals surface area (Å²) in [6, 6.07) is 5.93. The molecule has 3 N–H and O–H groups in total. The van der Waals surface area contributed by atoms with Crippen LogP contribution in [0.2, 0.25) is 0 Å². The number of imidazole rings is 1. The molecule has 0 atom stereocenters. The second kappa shape index (κ2) is 9.16. The summed E-state index contributed by atoms with van der Waals surface area (Å²) in [4.78, 5) is 20.7. The molecule has 0 fully saturated rings. The number of nitrogens with zero attached hydrogens (tertiary/aromatic N) is 4. The molecule has 0 radical (unpaired) electrons. The maximum absolute atomic E-state index is 12.5. The lowest BCUT2D eigenvalue weighted by atomic mass is 10.3. The molecule has 28 heavy (non-hydrogen) atoms. The number of benzene rings is 1. The molecule has 3 aromatic rings. The van der Waals surface area contributed by atoms with Gasteiger partial charge in [0.05, 0.1) is 32.6 Å². The predicted octanol–water partition coefficient (Wildman–Crippen LogP) is 2.13. The number of nitrogen functional groups attached to an aromatic ring is 1. The smallest absolute Gasteiger partial charge is 0.276 e. The molecule has 1 aromatic carbocycles. The highest BCUT2D eigenvalue weighted by Gasteiger charge is 2.23. The van der Waals surface area contributed by atoms with Gasteiger partial charge in [0.1, 0.15) is 12.3 Å². The fraction of sp³-hybridized carbons (Fsp3) is 0.400. The fourth-order valence-electron chi connectivity index (χ4n) is 3.05. The minimum Gasteiger partial charge on any atom is -0.497 e. The van der Waals surface area contributed by atoms with Crippen molar-refractivity contribution in [3.05, 3.63) is 41.6 Å². The van der Waals surface area contributed by atoms with Crippen LogP contribution in [0.15, 0.2) is 24.4 Å². The zero-order valence-electron chi connectivity index (χ0n) is 17.4. The molecular formula is C20H29N6O2+. The number of aromatic nitrogens is 4. The van der Waals surface area contributed by atoms with E-state index in [1.165, 1.54) is 6.20 Å². The van der Waals surface area contributed by atoms with E-state index >= 15 is 0 Å². The summed E-state index contributed by atoms with van der Waals surface area (Å²) in [5, 5.41) is 2.89. The van der Waals surface area contributed by atoms with Gasteiger partial charge in [0, 0.05) is 6.07 Å². The lowest BCUT2D eigenvalue weighted by molar-refractivity contribution is -0.654. The number of fused-ring (bicyclic) bond motifs is 1. The quantitative estimate of drug-likeness (QED) is 0.656. The van der Waals surface area contributed by atoms with Crippen molar-refractivity contribution in [2.75, 3.05) is 12.8 Å². The summed E-state index contributed by atoms with van der Waals surface area (Å²) >= 11 is 0. The van der Waals surface area contributed by atoms with E-state index in [0.29, 0.717) is 12.2 Å².